The van der Waals surface area contributed by atoms with Gasteiger partial charge in [-0.3, -0.25) is 4.90 Å². The summed E-state index contributed by atoms with van der Waals surface area (Å²) in [5.41, 5.74) is 1.29. The first-order chi connectivity index (χ1) is 11.7. The molecule has 2 aromatic rings. The predicted molar refractivity (Wildman–Crippen MR) is 85.3 cm³/mol. The molecule has 0 fully saturated rings. The maximum atomic E-state index is 14.0. The Morgan fingerprint density at radius 3 is 2.64 bits per heavy atom. The van der Waals surface area contributed by atoms with Crippen LogP contribution in [0.1, 0.15) is 48.0 Å². The summed E-state index contributed by atoms with van der Waals surface area (Å²) >= 11 is 0. The smallest absolute Gasteiger partial charge is 0.294 e. The predicted octanol–water partition coefficient (Wildman–Crippen LogP) is 4.32. The fourth-order valence-corrected chi connectivity index (χ4v) is 2.90. The molecule has 3 nitrogen and oxygen atoms in total. The first-order valence-corrected chi connectivity index (χ1v) is 8.16. The van der Waals surface area contributed by atoms with Crippen molar-refractivity contribution in [2.45, 2.75) is 45.5 Å². The van der Waals surface area contributed by atoms with E-state index in [-0.39, 0.29) is 18.0 Å². The van der Waals surface area contributed by atoms with E-state index in [9.17, 15) is 17.6 Å². The average Bonchev–Trinajstić information content (AvgIpc) is 2.55. The number of hydrogen-bond acceptors (Lipinski definition) is 3. The molecule has 2 heterocycles. The molecule has 1 aromatic heterocycles. The lowest BCUT2D eigenvalue weighted by molar-refractivity contribution is -0.137. The SMILES string of the molecule is CC(C)c1ncc2c(n1)CCN(Cc1ccc(C(F)(F)F)cc1F)C2. The van der Waals surface area contributed by atoms with Crippen LogP contribution in [0.4, 0.5) is 17.6 Å². The number of benzene rings is 1. The van der Waals surface area contributed by atoms with Gasteiger partial charge in [0.15, 0.2) is 0 Å². The molecule has 0 unspecified atom stereocenters. The topological polar surface area (TPSA) is 29.0 Å². The standard InChI is InChI=1S/C18H19F4N3/c1-11(2)17-23-8-13-10-25(6-5-16(13)24-17)9-12-3-4-14(7-15(12)19)18(20,21)22/h3-4,7-8,11H,5-6,9-10H2,1-2H3. The minimum absolute atomic E-state index is 0.254. The van der Waals surface area contributed by atoms with Gasteiger partial charge in [-0.2, -0.15) is 13.2 Å². The maximum Gasteiger partial charge on any atom is 0.416 e. The summed E-state index contributed by atoms with van der Waals surface area (Å²) in [4.78, 5) is 10.9. The molecule has 0 atom stereocenters. The third kappa shape index (κ3) is 3.98. The zero-order valence-corrected chi connectivity index (χ0v) is 14.1. The highest BCUT2D eigenvalue weighted by Gasteiger charge is 2.31. The number of alkyl halides is 3. The molecule has 0 aliphatic carbocycles. The number of nitrogens with zero attached hydrogens (tertiary/aromatic N) is 3. The molecule has 0 N–H and O–H groups in total. The van der Waals surface area contributed by atoms with Crippen molar-refractivity contribution in [3.8, 4) is 0 Å². The molecular weight excluding hydrogens is 334 g/mol. The molecule has 25 heavy (non-hydrogen) atoms. The quantitative estimate of drug-likeness (QED) is 0.770. The van der Waals surface area contributed by atoms with E-state index < -0.39 is 17.6 Å². The van der Waals surface area contributed by atoms with Crippen molar-refractivity contribution < 1.29 is 17.6 Å². The summed E-state index contributed by atoms with van der Waals surface area (Å²) in [5, 5.41) is 0. The largest absolute Gasteiger partial charge is 0.416 e. The number of rotatable bonds is 3. The van der Waals surface area contributed by atoms with Crippen LogP contribution in [0.3, 0.4) is 0 Å². The molecule has 0 saturated carbocycles. The molecule has 1 aliphatic heterocycles. The molecule has 0 radical (unpaired) electrons. The summed E-state index contributed by atoms with van der Waals surface area (Å²) in [5.74, 6) is 0.234. The molecule has 1 aliphatic rings. The Bertz CT molecular complexity index is 771. The van der Waals surface area contributed by atoms with E-state index in [0.29, 0.717) is 19.2 Å². The lowest BCUT2D eigenvalue weighted by Gasteiger charge is -2.28. The molecular formula is C18H19F4N3. The highest BCUT2D eigenvalue weighted by Crippen LogP contribution is 2.30. The van der Waals surface area contributed by atoms with E-state index in [0.717, 1.165) is 29.6 Å². The molecule has 1 aromatic carbocycles. The summed E-state index contributed by atoms with van der Waals surface area (Å²) in [6, 6.07) is 2.70. The molecule has 0 saturated heterocycles. The van der Waals surface area contributed by atoms with Crippen LogP contribution in [0.5, 0.6) is 0 Å². The van der Waals surface area contributed by atoms with Crippen LogP contribution < -0.4 is 0 Å². The van der Waals surface area contributed by atoms with E-state index in [4.69, 9.17) is 0 Å². The third-order valence-electron chi connectivity index (χ3n) is 4.32. The Hall–Kier alpha value is -2.02. The van der Waals surface area contributed by atoms with E-state index >= 15 is 0 Å². The number of halogens is 4. The van der Waals surface area contributed by atoms with E-state index in [1.54, 1.807) is 6.20 Å². The van der Waals surface area contributed by atoms with Gasteiger partial charge in [-0.1, -0.05) is 19.9 Å². The summed E-state index contributed by atoms with van der Waals surface area (Å²) < 4.78 is 51.9. The van der Waals surface area contributed by atoms with Crippen molar-refractivity contribution >= 4 is 0 Å². The average molecular weight is 353 g/mol. The minimum Gasteiger partial charge on any atom is -0.294 e. The van der Waals surface area contributed by atoms with Crippen molar-refractivity contribution in [2.75, 3.05) is 6.54 Å². The van der Waals surface area contributed by atoms with Crippen molar-refractivity contribution in [1.29, 1.82) is 0 Å². The van der Waals surface area contributed by atoms with Crippen molar-refractivity contribution in [1.82, 2.24) is 14.9 Å². The van der Waals surface area contributed by atoms with Crippen molar-refractivity contribution in [3.05, 3.63) is 58.4 Å². The monoisotopic (exact) mass is 353 g/mol. The van der Waals surface area contributed by atoms with Gasteiger partial charge in [0.2, 0.25) is 0 Å². The zero-order valence-electron chi connectivity index (χ0n) is 14.1. The Morgan fingerprint density at radius 1 is 1.24 bits per heavy atom. The number of hydrogen-bond donors (Lipinski definition) is 0. The van der Waals surface area contributed by atoms with Crippen LogP contribution >= 0.6 is 0 Å². The maximum absolute atomic E-state index is 14.0. The van der Waals surface area contributed by atoms with E-state index in [1.807, 2.05) is 18.7 Å². The van der Waals surface area contributed by atoms with Gasteiger partial charge in [0.05, 0.1) is 5.56 Å². The Labute approximate surface area is 143 Å². The Balaban J connectivity index is 1.73. The molecule has 0 spiro atoms. The summed E-state index contributed by atoms with van der Waals surface area (Å²) in [6.07, 6.45) is -2.01. The minimum atomic E-state index is -4.53. The van der Waals surface area contributed by atoms with Crippen LogP contribution in [-0.4, -0.2) is 21.4 Å². The van der Waals surface area contributed by atoms with Gasteiger partial charge in [-0.05, 0) is 12.1 Å². The van der Waals surface area contributed by atoms with E-state index in [2.05, 4.69) is 9.97 Å². The Kier molecular flexibility index (Phi) is 4.77. The van der Waals surface area contributed by atoms with Gasteiger partial charge in [-0.25, -0.2) is 14.4 Å². The van der Waals surface area contributed by atoms with Gasteiger partial charge in [0.25, 0.3) is 0 Å². The number of fused-ring (bicyclic) bond motifs is 1. The second-order valence-corrected chi connectivity index (χ2v) is 6.62. The van der Waals surface area contributed by atoms with Gasteiger partial charge in [0, 0.05) is 55.0 Å². The molecule has 7 heteroatoms. The molecule has 0 bridgehead atoms. The fraction of sp³-hybridized carbons (Fsp3) is 0.444. The van der Waals surface area contributed by atoms with Crippen molar-refractivity contribution in [2.24, 2.45) is 0 Å². The van der Waals surface area contributed by atoms with Crippen molar-refractivity contribution in [3.63, 3.8) is 0 Å². The van der Waals surface area contributed by atoms with Gasteiger partial charge >= 0.3 is 6.18 Å². The van der Waals surface area contributed by atoms with Crippen LogP contribution in [0, 0.1) is 5.82 Å². The summed E-state index contributed by atoms with van der Waals surface area (Å²) in [7, 11) is 0. The highest BCUT2D eigenvalue weighted by molar-refractivity contribution is 5.27. The molecule has 3 rings (SSSR count). The second-order valence-electron chi connectivity index (χ2n) is 6.62. The van der Waals surface area contributed by atoms with Crippen LogP contribution in [0.15, 0.2) is 24.4 Å². The summed E-state index contributed by atoms with van der Waals surface area (Å²) in [6.45, 7) is 5.57. The van der Waals surface area contributed by atoms with E-state index in [1.165, 1.54) is 6.07 Å². The van der Waals surface area contributed by atoms with Gasteiger partial charge in [-0.15, -0.1) is 0 Å². The van der Waals surface area contributed by atoms with Crippen LogP contribution in [0.25, 0.3) is 0 Å². The fourth-order valence-electron chi connectivity index (χ4n) is 2.90. The first kappa shape index (κ1) is 17.8. The second kappa shape index (κ2) is 6.71. The first-order valence-electron chi connectivity index (χ1n) is 8.16. The normalized spacial score (nSPS) is 15.5. The number of aromatic nitrogens is 2. The highest BCUT2D eigenvalue weighted by atomic mass is 19.4. The zero-order chi connectivity index (χ0) is 18.2. The van der Waals surface area contributed by atoms with Gasteiger partial charge in [0.1, 0.15) is 11.6 Å². The lowest BCUT2D eigenvalue weighted by atomic mass is 10.0. The lowest BCUT2D eigenvalue weighted by Crippen LogP contribution is -2.31. The third-order valence-corrected chi connectivity index (χ3v) is 4.32. The van der Waals surface area contributed by atoms with Crippen LogP contribution in [0.2, 0.25) is 0 Å². The van der Waals surface area contributed by atoms with Gasteiger partial charge < -0.3 is 0 Å². The molecule has 0 amide bonds. The molecule has 134 valence electrons. The Morgan fingerprint density at radius 2 is 2.00 bits per heavy atom. The van der Waals surface area contributed by atoms with Crippen LogP contribution in [-0.2, 0) is 25.7 Å².